The Kier molecular flexibility index (Phi) is 4.92. The summed E-state index contributed by atoms with van der Waals surface area (Å²) in [4.78, 5) is 26.7. The predicted molar refractivity (Wildman–Crippen MR) is 99.9 cm³/mol. The molecule has 2 fully saturated rings. The van der Waals surface area contributed by atoms with Crippen LogP contribution in [-0.4, -0.2) is 56.1 Å². The number of nitrogens with one attached hydrogen (secondary N) is 1. The van der Waals surface area contributed by atoms with Crippen molar-refractivity contribution in [3.05, 3.63) is 5.82 Å². The standard InChI is InChI=1S/C17H27N5O4S/c1-16(2)11-6-7-17(16,12(23)8-11)10-27(24,25)18-9-13-19-14(22(3)4)21-15(20-13)26-5/h11,18H,6-10H2,1-5H3. The molecule has 0 radical (unpaired) electrons. The largest absolute Gasteiger partial charge is 0.467 e. The molecule has 0 saturated heterocycles. The van der Waals surface area contributed by atoms with Crippen LogP contribution in [0, 0.1) is 16.7 Å². The van der Waals surface area contributed by atoms with Crippen molar-refractivity contribution in [3.63, 3.8) is 0 Å². The first-order valence-corrected chi connectivity index (χ1v) is 10.6. The quantitative estimate of drug-likeness (QED) is 0.717. The van der Waals surface area contributed by atoms with E-state index in [1.165, 1.54) is 7.11 Å². The maximum atomic E-state index is 12.8. The van der Waals surface area contributed by atoms with E-state index in [9.17, 15) is 13.2 Å². The van der Waals surface area contributed by atoms with Crippen LogP contribution in [-0.2, 0) is 21.4 Å². The number of carbonyl (C=O) groups is 1. The number of rotatable bonds is 7. The molecule has 2 saturated carbocycles. The van der Waals surface area contributed by atoms with Crippen LogP contribution in [0.5, 0.6) is 6.01 Å². The molecule has 0 aromatic carbocycles. The van der Waals surface area contributed by atoms with Gasteiger partial charge in [-0.1, -0.05) is 13.8 Å². The van der Waals surface area contributed by atoms with E-state index in [0.717, 1.165) is 6.42 Å². The van der Waals surface area contributed by atoms with Gasteiger partial charge in [0, 0.05) is 25.9 Å². The average molecular weight is 398 g/mol. The number of anilines is 1. The molecule has 3 rings (SSSR count). The third-order valence-electron chi connectivity index (χ3n) is 6.26. The second-order valence-electron chi connectivity index (χ2n) is 8.18. The fourth-order valence-electron chi connectivity index (χ4n) is 4.41. The second-order valence-corrected chi connectivity index (χ2v) is 9.99. The Labute approximate surface area is 160 Å². The van der Waals surface area contributed by atoms with Crippen molar-refractivity contribution in [3.8, 4) is 6.01 Å². The van der Waals surface area contributed by atoms with E-state index in [2.05, 4.69) is 19.7 Å². The lowest BCUT2D eigenvalue weighted by Gasteiger charge is -2.36. The molecule has 150 valence electrons. The Morgan fingerprint density at radius 3 is 2.48 bits per heavy atom. The third kappa shape index (κ3) is 3.40. The van der Waals surface area contributed by atoms with Gasteiger partial charge in [-0.2, -0.15) is 15.0 Å². The third-order valence-corrected chi connectivity index (χ3v) is 7.71. The molecule has 2 aliphatic carbocycles. The van der Waals surface area contributed by atoms with Crippen molar-refractivity contribution in [2.75, 3.05) is 31.9 Å². The van der Waals surface area contributed by atoms with Crippen LogP contribution in [0.25, 0.3) is 0 Å². The summed E-state index contributed by atoms with van der Waals surface area (Å²) >= 11 is 0. The van der Waals surface area contributed by atoms with Gasteiger partial charge in [-0.15, -0.1) is 0 Å². The van der Waals surface area contributed by atoms with E-state index in [1.807, 2.05) is 13.8 Å². The van der Waals surface area contributed by atoms with Gasteiger partial charge in [-0.3, -0.25) is 4.79 Å². The van der Waals surface area contributed by atoms with E-state index in [-0.39, 0.29) is 41.2 Å². The Morgan fingerprint density at radius 2 is 1.96 bits per heavy atom. The fraction of sp³-hybridized carbons (Fsp3) is 0.765. The van der Waals surface area contributed by atoms with Crippen LogP contribution in [0.1, 0.15) is 38.9 Å². The number of Topliss-reactive ketones (excluding diaryl/α,β-unsaturated/α-hetero) is 1. The lowest BCUT2D eigenvalue weighted by Crippen LogP contribution is -2.45. The Bertz CT molecular complexity index is 855. The normalized spacial score (nSPS) is 26.4. The molecular formula is C17H27N5O4S. The molecule has 0 spiro atoms. The number of ether oxygens (including phenoxy) is 1. The van der Waals surface area contributed by atoms with Gasteiger partial charge in [0.05, 0.1) is 19.4 Å². The Hall–Kier alpha value is -1.81. The van der Waals surface area contributed by atoms with Crippen molar-refractivity contribution in [2.45, 2.75) is 39.7 Å². The van der Waals surface area contributed by atoms with Gasteiger partial charge in [0.1, 0.15) is 5.78 Å². The van der Waals surface area contributed by atoms with Crippen LogP contribution in [0.2, 0.25) is 0 Å². The summed E-state index contributed by atoms with van der Waals surface area (Å²) in [5.74, 6) is 0.792. The van der Waals surface area contributed by atoms with Crippen LogP contribution in [0.4, 0.5) is 5.95 Å². The number of hydrogen-bond acceptors (Lipinski definition) is 8. The average Bonchev–Trinajstić information content (AvgIpc) is 2.93. The van der Waals surface area contributed by atoms with Gasteiger partial charge in [0.25, 0.3) is 0 Å². The van der Waals surface area contributed by atoms with Gasteiger partial charge in [0.2, 0.25) is 16.0 Å². The molecule has 1 N–H and O–H groups in total. The molecule has 2 aliphatic rings. The molecule has 27 heavy (non-hydrogen) atoms. The highest BCUT2D eigenvalue weighted by Crippen LogP contribution is 2.64. The fourth-order valence-corrected chi connectivity index (χ4v) is 6.19. The van der Waals surface area contributed by atoms with Gasteiger partial charge in [-0.05, 0) is 24.2 Å². The number of fused-ring (bicyclic) bond motifs is 2. The number of hydrogen-bond donors (Lipinski definition) is 1. The van der Waals surface area contributed by atoms with Crippen LogP contribution < -0.4 is 14.4 Å². The van der Waals surface area contributed by atoms with E-state index in [4.69, 9.17) is 4.74 Å². The number of ketones is 1. The molecule has 2 atom stereocenters. The molecule has 0 aliphatic heterocycles. The number of sulfonamides is 1. The SMILES string of the molecule is COc1nc(CNS(=O)(=O)CC23CCC(CC2=O)C3(C)C)nc(N(C)C)n1. The van der Waals surface area contributed by atoms with Gasteiger partial charge >= 0.3 is 6.01 Å². The van der Waals surface area contributed by atoms with Crippen molar-refractivity contribution >= 4 is 21.8 Å². The summed E-state index contributed by atoms with van der Waals surface area (Å²) in [6, 6.07) is 0.118. The molecule has 1 aromatic heterocycles. The summed E-state index contributed by atoms with van der Waals surface area (Å²) < 4.78 is 33.1. The Morgan fingerprint density at radius 1 is 1.26 bits per heavy atom. The molecule has 10 heteroatoms. The number of carbonyl (C=O) groups excluding carboxylic acids is 1. The zero-order valence-corrected chi connectivity index (χ0v) is 17.3. The van der Waals surface area contributed by atoms with Crippen molar-refractivity contribution < 1.29 is 17.9 Å². The molecule has 2 bridgehead atoms. The summed E-state index contributed by atoms with van der Waals surface area (Å²) in [7, 11) is 1.29. The zero-order chi connectivity index (χ0) is 20.0. The first-order chi connectivity index (χ1) is 12.5. The monoisotopic (exact) mass is 397 g/mol. The first kappa shape index (κ1) is 19.9. The topological polar surface area (TPSA) is 114 Å². The lowest BCUT2D eigenvalue weighted by atomic mass is 9.70. The van der Waals surface area contributed by atoms with Crippen LogP contribution in [0.15, 0.2) is 0 Å². The van der Waals surface area contributed by atoms with Gasteiger partial charge in [-0.25, -0.2) is 13.1 Å². The van der Waals surface area contributed by atoms with Gasteiger partial charge < -0.3 is 9.64 Å². The molecular weight excluding hydrogens is 370 g/mol. The highest BCUT2D eigenvalue weighted by molar-refractivity contribution is 7.89. The number of nitrogens with zero attached hydrogens (tertiary/aromatic N) is 4. The molecule has 9 nitrogen and oxygen atoms in total. The van der Waals surface area contributed by atoms with Crippen LogP contribution >= 0.6 is 0 Å². The van der Waals surface area contributed by atoms with E-state index < -0.39 is 15.4 Å². The maximum absolute atomic E-state index is 12.8. The highest BCUT2D eigenvalue weighted by Gasteiger charge is 2.65. The minimum absolute atomic E-state index is 0.0749. The minimum Gasteiger partial charge on any atom is -0.467 e. The molecule has 1 heterocycles. The molecule has 2 unspecified atom stereocenters. The summed E-state index contributed by atoms with van der Waals surface area (Å²) in [6.45, 7) is 3.95. The van der Waals surface area contributed by atoms with Gasteiger partial charge in [0.15, 0.2) is 5.82 Å². The molecule has 0 amide bonds. The minimum atomic E-state index is -3.69. The van der Waals surface area contributed by atoms with E-state index in [0.29, 0.717) is 18.8 Å². The lowest BCUT2D eigenvalue weighted by molar-refractivity contribution is -0.128. The van der Waals surface area contributed by atoms with E-state index in [1.54, 1.807) is 19.0 Å². The van der Waals surface area contributed by atoms with Crippen molar-refractivity contribution in [1.29, 1.82) is 0 Å². The summed E-state index contributed by atoms with van der Waals surface area (Å²) in [6.07, 6.45) is 2.03. The zero-order valence-electron chi connectivity index (χ0n) is 16.4. The maximum Gasteiger partial charge on any atom is 0.321 e. The highest BCUT2D eigenvalue weighted by atomic mass is 32.2. The van der Waals surface area contributed by atoms with Crippen LogP contribution in [0.3, 0.4) is 0 Å². The summed E-state index contributed by atoms with van der Waals surface area (Å²) in [5, 5.41) is 0. The summed E-state index contributed by atoms with van der Waals surface area (Å²) in [5.41, 5.74) is -1.09. The second kappa shape index (κ2) is 6.66. The first-order valence-electron chi connectivity index (χ1n) is 8.98. The predicted octanol–water partition coefficient (Wildman–Crippen LogP) is 0.761. The van der Waals surface area contributed by atoms with Crippen molar-refractivity contribution in [1.82, 2.24) is 19.7 Å². The van der Waals surface area contributed by atoms with E-state index >= 15 is 0 Å². The molecule has 1 aromatic rings. The number of aromatic nitrogens is 3. The Balaban J connectivity index is 1.77. The number of methoxy groups -OCH3 is 1. The van der Waals surface area contributed by atoms with Crippen molar-refractivity contribution in [2.24, 2.45) is 16.7 Å². The smallest absolute Gasteiger partial charge is 0.321 e.